The second kappa shape index (κ2) is 10.8. The Labute approximate surface area is 173 Å². The van der Waals surface area contributed by atoms with Crippen LogP contribution in [-0.2, 0) is 16.7 Å². The minimum absolute atomic E-state index is 0.196. The van der Waals surface area contributed by atoms with Gasteiger partial charge in [0.25, 0.3) is 0 Å². The van der Waals surface area contributed by atoms with Crippen molar-refractivity contribution in [1.82, 2.24) is 15.6 Å². The van der Waals surface area contributed by atoms with Gasteiger partial charge in [-0.05, 0) is 24.0 Å². The van der Waals surface area contributed by atoms with Gasteiger partial charge < -0.3 is 20.1 Å². The molecule has 1 aliphatic rings. The Morgan fingerprint density at radius 1 is 1.07 bits per heavy atom. The molecule has 3 rings (SSSR count). The number of aromatic nitrogens is 1. The molecule has 6 heteroatoms. The van der Waals surface area contributed by atoms with Crippen LogP contribution in [0.2, 0.25) is 0 Å². The number of hydrogen-bond donors (Lipinski definition) is 2. The molecule has 29 heavy (non-hydrogen) atoms. The summed E-state index contributed by atoms with van der Waals surface area (Å²) in [6.45, 7) is 2.60. The number of pyridine rings is 1. The lowest BCUT2D eigenvalue weighted by Gasteiger charge is -2.30. The molecule has 0 amide bonds. The SMILES string of the molecule is CN=C(NCc1ccc(OCCOC)nc1)NCC1(c2ccccc2)CCCC1. The maximum atomic E-state index is 5.50. The van der Waals surface area contributed by atoms with Crippen molar-refractivity contribution >= 4 is 5.96 Å². The van der Waals surface area contributed by atoms with Crippen LogP contribution < -0.4 is 15.4 Å². The number of aliphatic imine (C=N–C) groups is 1. The number of nitrogens with one attached hydrogen (secondary N) is 2. The fourth-order valence-electron chi connectivity index (χ4n) is 3.90. The fraction of sp³-hybridized carbons (Fsp3) is 0.478. The molecule has 0 bridgehead atoms. The zero-order valence-corrected chi connectivity index (χ0v) is 17.5. The van der Waals surface area contributed by atoms with Crippen molar-refractivity contribution in [3.63, 3.8) is 0 Å². The first kappa shape index (κ1) is 21.1. The van der Waals surface area contributed by atoms with Crippen molar-refractivity contribution in [2.45, 2.75) is 37.6 Å². The van der Waals surface area contributed by atoms with E-state index < -0.39 is 0 Å². The van der Waals surface area contributed by atoms with E-state index in [1.165, 1.54) is 31.2 Å². The Balaban J connectivity index is 1.51. The summed E-state index contributed by atoms with van der Waals surface area (Å²) in [5.41, 5.74) is 2.70. The molecule has 0 atom stereocenters. The topological polar surface area (TPSA) is 67.8 Å². The van der Waals surface area contributed by atoms with Crippen molar-refractivity contribution < 1.29 is 9.47 Å². The average Bonchev–Trinajstić information content (AvgIpc) is 3.26. The largest absolute Gasteiger partial charge is 0.475 e. The molecule has 0 unspecified atom stereocenters. The van der Waals surface area contributed by atoms with E-state index in [2.05, 4.69) is 50.9 Å². The highest BCUT2D eigenvalue weighted by Gasteiger charge is 2.35. The Morgan fingerprint density at radius 2 is 1.86 bits per heavy atom. The second-order valence-electron chi connectivity index (χ2n) is 7.48. The summed E-state index contributed by atoms with van der Waals surface area (Å²) in [6, 6.07) is 14.8. The maximum Gasteiger partial charge on any atom is 0.213 e. The standard InChI is InChI=1S/C23H32N4O2/c1-24-22(26-17-19-10-11-21(25-16-19)29-15-14-28-2)27-18-23(12-6-7-13-23)20-8-4-3-5-9-20/h3-5,8-11,16H,6-7,12-15,17-18H2,1-2H3,(H2,24,26,27). The molecule has 0 spiro atoms. The van der Waals surface area contributed by atoms with Crippen LogP contribution in [0.5, 0.6) is 5.88 Å². The maximum absolute atomic E-state index is 5.50. The lowest BCUT2D eigenvalue weighted by atomic mass is 9.79. The lowest BCUT2D eigenvalue weighted by molar-refractivity contribution is 0.143. The van der Waals surface area contributed by atoms with Crippen molar-refractivity contribution in [3.8, 4) is 5.88 Å². The van der Waals surface area contributed by atoms with Gasteiger partial charge in [0, 0.05) is 44.9 Å². The fourth-order valence-corrected chi connectivity index (χ4v) is 3.90. The Bertz CT molecular complexity index is 756. The summed E-state index contributed by atoms with van der Waals surface area (Å²) >= 11 is 0. The average molecular weight is 397 g/mol. The Kier molecular flexibility index (Phi) is 7.87. The highest BCUT2D eigenvalue weighted by molar-refractivity contribution is 5.79. The lowest BCUT2D eigenvalue weighted by Crippen LogP contribution is -2.44. The first-order valence-electron chi connectivity index (χ1n) is 10.3. The van der Waals surface area contributed by atoms with Gasteiger partial charge in [0.1, 0.15) is 6.61 Å². The van der Waals surface area contributed by atoms with Crippen molar-refractivity contribution in [2.24, 2.45) is 4.99 Å². The van der Waals surface area contributed by atoms with Gasteiger partial charge in [-0.2, -0.15) is 0 Å². The van der Waals surface area contributed by atoms with Crippen molar-refractivity contribution in [1.29, 1.82) is 0 Å². The third-order valence-corrected chi connectivity index (χ3v) is 5.56. The molecule has 2 N–H and O–H groups in total. The Hall–Kier alpha value is -2.60. The summed E-state index contributed by atoms with van der Waals surface area (Å²) in [5, 5.41) is 6.93. The molecule has 1 aliphatic carbocycles. The van der Waals surface area contributed by atoms with E-state index >= 15 is 0 Å². The van der Waals surface area contributed by atoms with Crippen LogP contribution in [0.4, 0.5) is 0 Å². The van der Waals surface area contributed by atoms with Gasteiger partial charge in [-0.15, -0.1) is 0 Å². The van der Waals surface area contributed by atoms with Gasteiger partial charge in [-0.25, -0.2) is 4.98 Å². The molecule has 0 radical (unpaired) electrons. The molecule has 0 aliphatic heterocycles. The predicted octanol–water partition coefficient (Wildman–Crippen LogP) is 3.28. The number of ether oxygens (including phenoxy) is 2. The smallest absolute Gasteiger partial charge is 0.213 e. The molecule has 2 aromatic rings. The minimum atomic E-state index is 0.196. The van der Waals surface area contributed by atoms with E-state index in [9.17, 15) is 0 Å². The van der Waals surface area contributed by atoms with Crippen molar-refractivity contribution in [3.05, 3.63) is 59.8 Å². The van der Waals surface area contributed by atoms with Crippen LogP contribution in [0.15, 0.2) is 53.7 Å². The van der Waals surface area contributed by atoms with E-state index in [0.29, 0.717) is 25.6 Å². The highest BCUT2D eigenvalue weighted by Crippen LogP contribution is 2.40. The van der Waals surface area contributed by atoms with E-state index in [4.69, 9.17) is 9.47 Å². The summed E-state index contributed by atoms with van der Waals surface area (Å²) in [5.74, 6) is 1.42. The molecule has 1 saturated carbocycles. The van der Waals surface area contributed by atoms with E-state index in [0.717, 1.165) is 18.1 Å². The number of nitrogens with zero attached hydrogens (tertiary/aromatic N) is 2. The molecule has 1 aromatic heterocycles. The zero-order valence-electron chi connectivity index (χ0n) is 17.5. The van der Waals surface area contributed by atoms with E-state index in [1.807, 2.05) is 25.4 Å². The summed E-state index contributed by atoms with van der Waals surface area (Å²) in [7, 11) is 3.46. The number of guanidine groups is 1. The van der Waals surface area contributed by atoms with Gasteiger partial charge in [0.05, 0.1) is 6.61 Å². The first-order chi connectivity index (χ1) is 14.3. The van der Waals surface area contributed by atoms with E-state index in [1.54, 1.807) is 7.11 Å². The number of benzene rings is 1. The van der Waals surface area contributed by atoms with Gasteiger partial charge in [-0.1, -0.05) is 49.2 Å². The third-order valence-electron chi connectivity index (χ3n) is 5.56. The third kappa shape index (κ3) is 5.94. The van der Waals surface area contributed by atoms with Crippen LogP contribution in [-0.4, -0.2) is 44.9 Å². The quantitative estimate of drug-likeness (QED) is 0.387. The van der Waals surface area contributed by atoms with Gasteiger partial charge in [-0.3, -0.25) is 4.99 Å². The van der Waals surface area contributed by atoms with E-state index in [-0.39, 0.29) is 5.41 Å². The number of methoxy groups -OCH3 is 1. The predicted molar refractivity (Wildman–Crippen MR) is 116 cm³/mol. The van der Waals surface area contributed by atoms with Gasteiger partial charge in [0.2, 0.25) is 5.88 Å². The molecular weight excluding hydrogens is 364 g/mol. The minimum Gasteiger partial charge on any atom is -0.475 e. The van der Waals surface area contributed by atoms with Crippen LogP contribution in [0, 0.1) is 0 Å². The summed E-state index contributed by atoms with van der Waals surface area (Å²) in [4.78, 5) is 8.73. The molecule has 1 fully saturated rings. The zero-order chi connectivity index (χ0) is 20.4. The molecule has 1 heterocycles. The van der Waals surface area contributed by atoms with Crippen molar-refractivity contribution in [2.75, 3.05) is 33.9 Å². The van der Waals surface area contributed by atoms with Crippen LogP contribution in [0.25, 0.3) is 0 Å². The molecule has 156 valence electrons. The monoisotopic (exact) mass is 396 g/mol. The van der Waals surface area contributed by atoms with Gasteiger partial charge in [0.15, 0.2) is 5.96 Å². The molecule has 6 nitrogen and oxygen atoms in total. The van der Waals surface area contributed by atoms with Gasteiger partial charge >= 0.3 is 0 Å². The van der Waals surface area contributed by atoms with Crippen LogP contribution in [0.1, 0.15) is 36.8 Å². The summed E-state index contributed by atoms with van der Waals surface area (Å²) < 4.78 is 10.5. The molecule has 1 aromatic carbocycles. The van der Waals surface area contributed by atoms with Crippen LogP contribution >= 0.6 is 0 Å². The summed E-state index contributed by atoms with van der Waals surface area (Å²) in [6.07, 6.45) is 6.83. The molecule has 0 saturated heterocycles. The van der Waals surface area contributed by atoms with Crippen LogP contribution in [0.3, 0.4) is 0 Å². The normalized spacial score (nSPS) is 15.9. The second-order valence-corrected chi connectivity index (χ2v) is 7.48. The number of rotatable bonds is 9. The molecular formula is C23H32N4O2. The first-order valence-corrected chi connectivity index (χ1v) is 10.3. The Morgan fingerprint density at radius 3 is 2.52 bits per heavy atom. The number of hydrogen-bond acceptors (Lipinski definition) is 4. The highest BCUT2D eigenvalue weighted by atomic mass is 16.5.